The van der Waals surface area contributed by atoms with Gasteiger partial charge in [0.15, 0.2) is 0 Å². The summed E-state index contributed by atoms with van der Waals surface area (Å²) in [6.45, 7) is 2.70. The van der Waals surface area contributed by atoms with E-state index in [9.17, 15) is 12.8 Å². The van der Waals surface area contributed by atoms with Crippen molar-refractivity contribution in [2.45, 2.75) is 11.3 Å². The van der Waals surface area contributed by atoms with Gasteiger partial charge < -0.3 is 5.32 Å². The average molecular weight is 319 g/mol. The molecule has 0 bridgehead atoms. The van der Waals surface area contributed by atoms with E-state index in [1.807, 2.05) is 0 Å². The Bertz CT molecular complexity index is 623. The summed E-state index contributed by atoms with van der Waals surface area (Å²) in [7, 11) is -3.78. The Morgan fingerprint density at radius 1 is 1.30 bits per heavy atom. The lowest BCUT2D eigenvalue weighted by atomic mass is 9.90. The zero-order valence-corrected chi connectivity index (χ0v) is 12.4. The van der Waals surface area contributed by atoms with Gasteiger partial charge in [0.05, 0.1) is 0 Å². The lowest BCUT2D eigenvalue weighted by Crippen LogP contribution is -2.43. The lowest BCUT2D eigenvalue weighted by Gasteiger charge is -2.33. The molecule has 2 aliphatic heterocycles. The largest absolute Gasteiger partial charge is 0.316 e. The first-order valence-corrected chi connectivity index (χ1v) is 8.46. The van der Waals surface area contributed by atoms with Crippen molar-refractivity contribution in [1.29, 1.82) is 0 Å². The molecule has 4 nitrogen and oxygen atoms in total. The number of nitrogens with zero attached hydrogens (tertiary/aromatic N) is 1. The summed E-state index contributed by atoms with van der Waals surface area (Å²) in [5.41, 5.74) is 0. The molecule has 2 unspecified atom stereocenters. The van der Waals surface area contributed by atoms with Crippen LogP contribution in [0.2, 0.25) is 5.02 Å². The third kappa shape index (κ3) is 2.45. The smallest absolute Gasteiger partial charge is 0.245 e. The Hall–Kier alpha value is -0.690. The second kappa shape index (κ2) is 5.26. The SMILES string of the molecule is O=S(=O)(c1ccc(Cl)cc1F)N1CCC2CNCC2C1. The first kappa shape index (κ1) is 14.3. The number of fused-ring (bicyclic) bond motifs is 1. The van der Waals surface area contributed by atoms with Crippen LogP contribution in [0.5, 0.6) is 0 Å². The summed E-state index contributed by atoms with van der Waals surface area (Å²) in [6, 6.07) is 3.69. The highest BCUT2D eigenvalue weighted by atomic mass is 35.5. The van der Waals surface area contributed by atoms with Crippen LogP contribution in [0.1, 0.15) is 6.42 Å². The molecule has 3 rings (SSSR count). The molecule has 1 aromatic carbocycles. The molecule has 0 radical (unpaired) electrons. The number of sulfonamides is 1. The lowest BCUT2D eigenvalue weighted by molar-refractivity contribution is 0.227. The van der Waals surface area contributed by atoms with Crippen molar-refractivity contribution in [3.63, 3.8) is 0 Å². The minimum Gasteiger partial charge on any atom is -0.316 e. The number of benzene rings is 1. The quantitative estimate of drug-likeness (QED) is 0.903. The van der Waals surface area contributed by atoms with Crippen LogP contribution >= 0.6 is 11.6 Å². The van der Waals surface area contributed by atoms with Gasteiger partial charge in [0.25, 0.3) is 0 Å². The second-order valence-corrected chi connectivity index (χ2v) is 7.75. The van der Waals surface area contributed by atoms with Crippen molar-refractivity contribution in [1.82, 2.24) is 9.62 Å². The normalized spacial score (nSPS) is 27.5. The van der Waals surface area contributed by atoms with Crippen LogP contribution in [0.25, 0.3) is 0 Å². The third-order valence-electron chi connectivity index (χ3n) is 4.18. The topological polar surface area (TPSA) is 49.4 Å². The molecular formula is C13H16ClFN2O2S. The molecule has 20 heavy (non-hydrogen) atoms. The minimum atomic E-state index is -3.78. The zero-order chi connectivity index (χ0) is 14.3. The molecule has 0 amide bonds. The van der Waals surface area contributed by atoms with Crippen molar-refractivity contribution in [2.75, 3.05) is 26.2 Å². The highest BCUT2D eigenvalue weighted by Crippen LogP contribution is 2.31. The van der Waals surface area contributed by atoms with Gasteiger partial charge in [-0.2, -0.15) is 4.31 Å². The standard InChI is InChI=1S/C13H16ClFN2O2S/c14-11-1-2-13(12(15)5-11)20(18,19)17-4-3-9-6-16-7-10(9)8-17/h1-2,5,9-10,16H,3-4,6-8H2. The fourth-order valence-corrected chi connectivity index (χ4v) is 4.76. The van der Waals surface area contributed by atoms with Gasteiger partial charge >= 0.3 is 0 Å². The van der Waals surface area contributed by atoms with E-state index in [1.54, 1.807) is 0 Å². The number of hydrogen-bond acceptors (Lipinski definition) is 3. The summed E-state index contributed by atoms with van der Waals surface area (Å²) in [6.07, 6.45) is 0.826. The maximum absolute atomic E-state index is 13.9. The number of piperidine rings is 1. The van der Waals surface area contributed by atoms with Crippen LogP contribution in [-0.2, 0) is 10.0 Å². The molecule has 2 aliphatic rings. The van der Waals surface area contributed by atoms with Crippen molar-refractivity contribution < 1.29 is 12.8 Å². The molecule has 0 aliphatic carbocycles. The molecule has 0 saturated carbocycles. The third-order valence-corrected chi connectivity index (χ3v) is 6.31. The summed E-state index contributed by atoms with van der Waals surface area (Å²) < 4.78 is 40.3. The Labute approximate surface area is 123 Å². The van der Waals surface area contributed by atoms with Crippen LogP contribution in [0.4, 0.5) is 4.39 Å². The van der Waals surface area contributed by atoms with Crippen molar-refractivity contribution in [3.8, 4) is 0 Å². The Morgan fingerprint density at radius 2 is 2.05 bits per heavy atom. The summed E-state index contributed by atoms with van der Waals surface area (Å²) in [5.74, 6) is 0.0783. The van der Waals surface area contributed by atoms with Gasteiger partial charge in [-0.3, -0.25) is 0 Å². The Kier molecular flexibility index (Phi) is 3.75. The van der Waals surface area contributed by atoms with Crippen molar-refractivity contribution in [2.24, 2.45) is 11.8 Å². The zero-order valence-electron chi connectivity index (χ0n) is 10.9. The van der Waals surface area contributed by atoms with E-state index in [4.69, 9.17) is 11.6 Å². The maximum atomic E-state index is 13.9. The number of rotatable bonds is 2. The van der Waals surface area contributed by atoms with E-state index >= 15 is 0 Å². The maximum Gasteiger partial charge on any atom is 0.245 e. The average Bonchev–Trinajstić information content (AvgIpc) is 2.85. The molecule has 0 aromatic heterocycles. The molecule has 1 N–H and O–H groups in total. The monoisotopic (exact) mass is 318 g/mol. The van der Waals surface area contributed by atoms with Crippen LogP contribution < -0.4 is 5.32 Å². The van der Waals surface area contributed by atoms with Crippen molar-refractivity contribution in [3.05, 3.63) is 29.0 Å². The van der Waals surface area contributed by atoms with Crippen LogP contribution in [0.3, 0.4) is 0 Å². The molecule has 110 valence electrons. The molecule has 2 atom stereocenters. The summed E-state index contributed by atoms with van der Waals surface area (Å²) >= 11 is 5.67. The van der Waals surface area contributed by atoms with E-state index in [0.717, 1.165) is 25.6 Å². The summed E-state index contributed by atoms with van der Waals surface area (Å²) in [4.78, 5) is -0.286. The van der Waals surface area contributed by atoms with E-state index in [2.05, 4.69) is 5.32 Å². The van der Waals surface area contributed by atoms with Gasteiger partial charge in [-0.1, -0.05) is 11.6 Å². The molecule has 1 aromatic rings. The second-order valence-electron chi connectivity index (χ2n) is 5.40. The van der Waals surface area contributed by atoms with Gasteiger partial charge in [0, 0.05) is 18.1 Å². The molecular weight excluding hydrogens is 303 g/mol. The van der Waals surface area contributed by atoms with Gasteiger partial charge in [-0.15, -0.1) is 0 Å². The van der Waals surface area contributed by atoms with Gasteiger partial charge in [-0.25, -0.2) is 12.8 Å². The predicted octanol–water partition coefficient (Wildman–Crippen LogP) is 1.71. The highest BCUT2D eigenvalue weighted by Gasteiger charge is 2.38. The fourth-order valence-electron chi connectivity index (χ4n) is 3.04. The molecule has 2 saturated heterocycles. The van der Waals surface area contributed by atoms with Crippen molar-refractivity contribution >= 4 is 21.6 Å². The fraction of sp³-hybridized carbons (Fsp3) is 0.538. The predicted molar refractivity (Wildman–Crippen MR) is 74.6 cm³/mol. The van der Waals surface area contributed by atoms with E-state index < -0.39 is 15.8 Å². The van der Waals surface area contributed by atoms with Crippen LogP contribution in [-0.4, -0.2) is 38.9 Å². The van der Waals surface area contributed by atoms with E-state index in [0.29, 0.717) is 24.9 Å². The summed E-state index contributed by atoms with van der Waals surface area (Å²) in [5, 5.41) is 3.48. The highest BCUT2D eigenvalue weighted by molar-refractivity contribution is 7.89. The Balaban J connectivity index is 1.88. The first-order chi connectivity index (χ1) is 9.48. The molecule has 2 heterocycles. The molecule has 7 heteroatoms. The minimum absolute atomic E-state index is 0.195. The molecule has 2 fully saturated rings. The molecule has 0 spiro atoms. The first-order valence-electron chi connectivity index (χ1n) is 6.64. The van der Waals surface area contributed by atoms with Crippen LogP contribution in [0.15, 0.2) is 23.1 Å². The Morgan fingerprint density at radius 3 is 2.80 bits per heavy atom. The van der Waals surface area contributed by atoms with E-state index in [-0.39, 0.29) is 9.92 Å². The number of nitrogens with one attached hydrogen (secondary N) is 1. The number of halogens is 2. The van der Waals surface area contributed by atoms with E-state index in [1.165, 1.54) is 16.4 Å². The van der Waals surface area contributed by atoms with Gasteiger partial charge in [0.2, 0.25) is 10.0 Å². The number of hydrogen-bond donors (Lipinski definition) is 1. The van der Waals surface area contributed by atoms with Gasteiger partial charge in [0.1, 0.15) is 10.7 Å². The van der Waals surface area contributed by atoms with Gasteiger partial charge in [-0.05, 0) is 49.5 Å². The van der Waals surface area contributed by atoms with Crippen LogP contribution in [0, 0.1) is 17.7 Å².